The van der Waals surface area contributed by atoms with Gasteiger partial charge in [-0.1, -0.05) is 17.7 Å². The summed E-state index contributed by atoms with van der Waals surface area (Å²) < 4.78 is 7.64. The summed E-state index contributed by atoms with van der Waals surface area (Å²) in [4.78, 5) is 21.3. The van der Waals surface area contributed by atoms with Gasteiger partial charge in [0.1, 0.15) is 0 Å². The quantitative estimate of drug-likeness (QED) is 0.648. The molecular weight excluding hydrogens is 390 g/mol. The van der Waals surface area contributed by atoms with E-state index in [0.717, 1.165) is 55.0 Å². The van der Waals surface area contributed by atoms with Crippen molar-refractivity contribution >= 4 is 29.0 Å². The Balaban J connectivity index is 1.40. The SMILES string of the molecule is O=C(NC1CC1)c1ccc(-c2cnc3c(NCC4CCCO4)nccn23)cc1Cl. The molecule has 1 aromatic carbocycles. The molecule has 1 saturated heterocycles. The van der Waals surface area contributed by atoms with Crippen molar-refractivity contribution in [3.63, 3.8) is 0 Å². The van der Waals surface area contributed by atoms with E-state index in [2.05, 4.69) is 20.6 Å². The van der Waals surface area contributed by atoms with E-state index in [1.54, 1.807) is 18.5 Å². The summed E-state index contributed by atoms with van der Waals surface area (Å²) in [6.07, 6.45) is 9.89. The maximum absolute atomic E-state index is 12.3. The van der Waals surface area contributed by atoms with Crippen LogP contribution in [0.3, 0.4) is 0 Å². The molecule has 1 aliphatic heterocycles. The highest BCUT2D eigenvalue weighted by Crippen LogP contribution is 2.28. The van der Waals surface area contributed by atoms with Gasteiger partial charge >= 0.3 is 0 Å². The van der Waals surface area contributed by atoms with Crippen molar-refractivity contribution in [2.75, 3.05) is 18.5 Å². The second kappa shape index (κ2) is 7.65. The van der Waals surface area contributed by atoms with Crippen molar-refractivity contribution in [2.45, 2.75) is 37.8 Å². The monoisotopic (exact) mass is 411 g/mol. The van der Waals surface area contributed by atoms with Crippen LogP contribution in [-0.4, -0.2) is 45.6 Å². The Kier molecular flexibility index (Phi) is 4.85. The van der Waals surface area contributed by atoms with Crippen LogP contribution in [0, 0.1) is 0 Å². The molecule has 3 aromatic rings. The van der Waals surface area contributed by atoms with Gasteiger partial charge < -0.3 is 15.4 Å². The summed E-state index contributed by atoms with van der Waals surface area (Å²) in [5.41, 5.74) is 3.02. The molecule has 1 atom stereocenters. The molecule has 1 unspecified atom stereocenters. The maximum Gasteiger partial charge on any atom is 0.253 e. The van der Waals surface area contributed by atoms with E-state index in [9.17, 15) is 4.79 Å². The van der Waals surface area contributed by atoms with Crippen LogP contribution in [-0.2, 0) is 4.74 Å². The summed E-state index contributed by atoms with van der Waals surface area (Å²) in [7, 11) is 0. The Hall–Kier alpha value is -2.64. The molecule has 3 heterocycles. The van der Waals surface area contributed by atoms with E-state index in [0.29, 0.717) is 23.2 Å². The van der Waals surface area contributed by atoms with Crippen LogP contribution in [0.25, 0.3) is 16.9 Å². The van der Waals surface area contributed by atoms with Gasteiger partial charge in [-0.25, -0.2) is 9.97 Å². The molecule has 0 bridgehead atoms. The fraction of sp³-hybridized carbons (Fsp3) is 0.381. The summed E-state index contributed by atoms with van der Waals surface area (Å²) in [5, 5.41) is 6.76. The highest BCUT2D eigenvalue weighted by atomic mass is 35.5. The lowest BCUT2D eigenvalue weighted by molar-refractivity contribution is 0.0951. The third kappa shape index (κ3) is 3.80. The number of carbonyl (C=O) groups is 1. The van der Waals surface area contributed by atoms with E-state index in [4.69, 9.17) is 16.3 Å². The van der Waals surface area contributed by atoms with Crippen molar-refractivity contribution in [3.8, 4) is 11.3 Å². The summed E-state index contributed by atoms with van der Waals surface area (Å²) in [6.45, 7) is 1.54. The number of aromatic nitrogens is 3. The van der Waals surface area contributed by atoms with Gasteiger partial charge in [0.05, 0.1) is 28.6 Å². The number of benzene rings is 1. The van der Waals surface area contributed by atoms with Crippen molar-refractivity contribution in [1.29, 1.82) is 0 Å². The van der Waals surface area contributed by atoms with E-state index in [-0.39, 0.29) is 12.0 Å². The lowest BCUT2D eigenvalue weighted by Crippen LogP contribution is -2.25. The number of rotatable bonds is 6. The van der Waals surface area contributed by atoms with Crippen LogP contribution in [0.1, 0.15) is 36.0 Å². The average Bonchev–Trinajstić information content (AvgIpc) is 3.20. The van der Waals surface area contributed by atoms with Crippen LogP contribution in [0.2, 0.25) is 5.02 Å². The fourth-order valence-electron chi connectivity index (χ4n) is 3.62. The van der Waals surface area contributed by atoms with Crippen molar-refractivity contribution < 1.29 is 9.53 Å². The number of carbonyl (C=O) groups excluding carboxylic acids is 1. The molecule has 2 fully saturated rings. The molecule has 2 aliphatic rings. The molecule has 1 saturated carbocycles. The Bertz CT molecular complexity index is 1060. The molecule has 1 amide bonds. The smallest absolute Gasteiger partial charge is 0.253 e. The Labute approximate surface area is 173 Å². The van der Waals surface area contributed by atoms with Gasteiger partial charge in [-0.3, -0.25) is 9.20 Å². The van der Waals surface area contributed by atoms with Crippen molar-refractivity contribution in [3.05, 3.63) is 47.4 Å². The molecule has 0 radical (unpaired) electrons. The first kappa shape index (κ1) is 18.4. The Morgan fingerprint density at radius 1 is 1.28 bits per heavy atom. The Morgan fingerprint density at radius 2 is 2.17 bits per heavy atom. The fourth-order valence-corrected chi connectivity index (χ4v) is 3.89. The number of hydrogen-bond donors (Lipinski definition) is 2. The van der Waals surface area contributed by atoms with Gasteiger partial charge in [0, 0.05) is 37.2 Å². The zero-order valence-electron chi connectivity index (χ0n) is 15.9. The third-order valence-electron chi connectivity index (χ3n) is 5.37. The number of anilines is 1. The van der Waals surface area contributed by atoms with Crippen LogP contribution in [0.5, 0.6) is 0 Å². The molecule has 150 valence electrons. The predicted octanol–water partition coefficient (Wildman–Crippen LogP) is 3.53. The highest BCUT2D eigenvalue weighted by Gasteiger charge is 2.25. The largest absolute Gasteiger partial charge is 0.376 e. The average molecular weight is 412 g/mol. The summed E-state index contributed by atoms with van der Waals surface area (Å²) in [6, 6.07) is 5.78. The van der Waals surface area contributed by atoms with E-state index in [1.807, 2.05) is 22.7 Å². The van der Waals surface area contributed by atoms with Crippen LogP contribution >= 0.6 is 11.6 Å². The second-order valence-corrected chi connectivity index (χ2v) is 7.98. The Morgan fingerprint density at radius 3 is 2.93 bits per heavy atom. The van der Waals surface area contributed by atoms with Gasteiger partial charge in [-0.15, -0.1) is 0 Å². The molecule has 8 heteroatoms. The lowest BCUT2D eigenvalue weighted by atomic mass is 10.1. The molecule has 2 aromatic heterocycles. The minimum atomic E-state index is -0.119. The van der Waals surface area contributed by atoms with Crippen LogP contribution < -0.4 is 10.6 Å². The van der Waals surface area contributed by atoms with Crippen molar-refractivity contribution in [2.24, 2.45) is 0 Å². The molecule has 29 heavy (non-hydrogen) atoms. The number of ether oxygens (including phenoxy) is 1. The zero-order valence-corrected chi connectivity index (χ0v) is 16.7. The van der Waals surface area contributed by atoms with Gasteiger partial charge in [-0.2, -0.15) is 0 Å². The molecule has 5 rings (SSSR count). The number of nitrogens with one attached hydrogen (secondary N) is 2. The van der Waals surface area contributed by atoms with Crippen LogP contribution in [0.4, 0.5) is 5.82 Å². The van der Waals surface area contributed by atoms with Gasteiger partial charge in [0.15, 0.2) is 11.5 Å². The number of halogens is 1. The third-order valence-corrected chi connectivity index (χ3v) is 5.68. The first-order valence-electron chi connectivity index (χ1n) is 9.97. The predicted molar refractivity (Wildman–Crippen MR) is 111 cm³/mol. The zero-order chi connectivity index (χ0) is 19.8. The van der Waals surface area contributed by atoms with Crippen LogP contribution in [0.15, 0.2) is 36.8 Å². The molecule has 0 spiro atoms. The minimum absolute atomic E-state index is 0.119. The van der Waals surface area contributed by atoms with E-state index in [1.165, 1.54) is 0 Å². The molecule has 2 N–H and O–H groups in total. The topological polar surface area (TPSA) is 80.5 Å². The number of hydrogen-bond acceptors (Lipinski definition) is 5. The molecule has 7 nitrogen and oxygen atoms in total. The lowest BCUT2D eigenvalue weighted by Gasteiger charge is -2.12. The van der Waals surface area contributed by atoms with Gasteiger partial charge in [0.2, 0.25) is 0 Å². The highest BCUT2D eigenvalue weighted by molar-refractivity contribution is 6.34. The number of amides is 1. The standard InChI is InChI=1S/C21H22ClN5O2/c22-17-10-13(3-6-16(17)21(28)26-14-4-5-14)18-12-25-20-19(23-7-8-27(18)20)24-11-15-2-1-9-29-15/h3,6-8,10,12,14-15H,1-2,4-5,9,11H2,(H,23,24)(H,26,28). The number of nitrogens with zero attached hydrogens (tertiary/aromatic N) is 3. The first-order chi connectivity index (χ1) is 14.2. The minimum Gasteiger partial charge on any atom is -0.376 e. The van der Waals surface area contributed by atoms with Gasteiger partial charge in [0.25, 0.3) is 5.91 Å². The summed E-state index contributed by atoms with van der Waals surface area (Å²) >= 11 is 6.42. The number of imidazole rings is 1. The van der Waals surface area contributed by atoms with E-state index >= 15 is 0 Å². The number of fused-ring (bicyclic) bond motifs is 1. The first-order valence-corrected chi connectivity index (χ1v) is 10.3. The molecular formula is C21H22ClN5O2. The van der Waals surface area contributed by atoms with Crippen molar-refractivity contribution in [1.82, 2.24) is 19.7 Å². The van der Waals surface area contributed by atoms with Gasteiger partial charge in [-0.05, 0) is 37.8 Å². The molecule has 1 aliphatic carbocycles. The maximum atomic E-state index is 12.3. The van der Waals surface area contributed by atoms with E-state index < -0.39 is 0 Å². The summed E-state index contributed by atoms with van der Waals surface area (Å²) in [5.74, 6) is 0.604. The normalized spacial score (nSPS) is 18.9. The second-order valence-electron chi connectivity index (χ2n) is 7.57.